The van der Waals surface area contributed by atoms with Crippen molar-refractivity contribution in [3.05, 3.63) is 92.7 Å². The van der Waals surface area contributed by atoms with Gasteiger partial charge in [0.1, 0.15) is 32.2 Å². The third-order valence-corrected chi connectivity index (χ3v) is 12.7. The van der Waals surface area contributed by atoms with E-state index in [0.717, 1.165) is 30.3 Å². The normalized spacial score (nSPS) is 14.9. The van der Waals surface area contributed by atoms with Gasteiger partial charge in [0.15, 0.2) is 5.71 Å². The molecule has 30 heteroatoms. The number of ketones is 2. The Morgan fingerprint density at radius 1 is 0.603 bits per heavy atom. The molecule has 6 rings (SSSR count). The molecule has 0 radical (unpaired) electrons. The Balaban J connectivity index is 0.00000117. The van der Waals surface area contributed by atoms with E-state index in [1.165, 1.54) is 50.6 Å². The molecule has 0 fully saturated rings. The summed E-state index contributed by atoms with van der Waals surface area (Å²) in [6.45, 7) is 1.42. The summed E-state index contributed by atoms with van der Waals surface area (Å²) in [5.74, 6) is -2.12. The molecule has 2 aliphatic carbocycles. The maximum Gasteiger partial charge on any atom is 1.00 e. The van der Waals surface area contributed by atoms with Crippen molar-refractivity contribution in [2.24, 2.45) is 10.2 Å². The summed E-state index contributed by atoms with van der Waals surface area (Å²) >= 11 is 0. The fraction of sp³-hybridized carbons (Fsp3) is 0.158. The summed E-state index contributed by atoms with van der Waals surface area (Å²) in [5, 5.41) is 26.8. The number of carbonyl (C=O) groups excluding carboxylic acids is 2. The molecular formula is C38H38N7NaO18S4. The Labute approximate surface area is 409 Å². The maximum absolute atomic E-state index is 13.4. The maximum atomic E-state index is 13.4. The van der Waals surface area contributed by atoms with E-state index in [2.05, 4.69) is 26.4 Å². The molecule has 0 spiro atoms. The molecule has 0 atom stereocenters. The van der Waals surface area contributed by atoms with E-state index in [-0.39, 0.29) is 87.9 Å². The molecular weight excluding hydrogens is 994 g/mol. The SMILES string of the molecule is COc1cc(-c2ccc(N/N=C3/C(=O)c4c(N)cc(S(=O)(=O)O)cc4C=C3S(=O)(=O)O)c(OC)c2)ccc1N/N=C1/C(=O)c2c(N)cc(S(=O)(=O)O)cc2C=C1S(=O)(=O)[O-].OCCNCCO.[Na+]. The van der Waals surface area contributed by atoms with Gasteiger partial charge in [-0.25, -0.2) is 8.42 Å². The van der Waals surface area contributed by atoms with Gasteiger partial charge < -0.3 is 41.0 Å². The molecule has 4 aromatic rings. The molecule has 25 nitrogen and oxygen atoms in total. The van der Waals surface area contributed by atoms with Crippen LogP contribution in [-0.2, 0) is 40.5 Å². The van der Waals surface area contributed by atoms with Gasteiger partial charge in [-0.1, -0.05) is 12.1 Å². The van der Waals surface area contributed by atoms with Crippen LogP contribution in [0.15, 0.2) is 90.5 Å². The third kappa shape index (κ3) is 12.5. The van der Waals surface area contributed by atoms with Gasteiger partial charge >= 0.3 is 29.6 Å². The van der Waals surface area contributed by atoms with Crippen LogP contribution in [0.3, 0.4) is 0 Å². The number of allylic oxidation sites excluding steroid dienone is 2. The molecule has 0 heterocycles. The standard InChI is InChI=1S/C34H28N6O16S4.C4H11NO2.Na/c1-55-25-9-15(3-5-23(25)37-39-31-27(59(49,50)51)11-17-7-19(57(43,44)45)13-21(35)29(17)33(31)41)16-4-6-24(26(10-16)56-2)38-40-32-28(60(52,53)54)12-18-8-20(58(46,47)48)14-22(36)30(18)34(32)42;6-3-1-5-2-4-7;/h3-14,37-38H,35-36H2,1-2H3,(H,43,44,45)(H,46,47,48)(H,49,50,51)(H,52,53,54);5-7H,1-4H2;/q;;+1/p-1/b39-31+,40-32+;;. The minimum Gasteiger partial charge on any atom is -0.744 e. The first-order chi connectivity index (χ1) is 31.2. The van der Waals surface area contributed by atoms with Gasteiger partial charge in [0.05, 0.1) is 64.6 Å². The molecule has 358 valence electrons. The van der Waals surface area contributed by atoms with Crippen LogP contribution in [0, 0.1) is 0 Å². The van der Waals surface area contributed by atoms with Gasteiger partial charge in [-0.15, -0.1) is 0 Å². The number of nitrogens with zero attached hydrogens (tertiary/aromatic N) is 2. The number of ether oxygens (including phenoxy) is 2. The summed E-state index contributed by atoms with van der Waals surface area (Å²) in [6.07, 6.45) is 1.45. The van der Waals surface area contributed by atoms with Crippen molar-refractivity contribution in [1.29, 1.82) is 0 Å². The van der Waals surface area contributed by atoms with Crippen LogP contribution in [0.1, 0.15) is 31.8 Å². The number of carbonyl (C=O) groups is 2. The number of aliphatic hydroxyl groups excluding tert-OH is 2. The van der Waals surface area contributed by atoms with E-state index in [1.54, 1.807) is 0 Å². The van der Waals surface area contributed by atoms with Crippen molar-refractivity contribution >= 4 is 98.4 Å². The zero-order chi connectivity index (χ0) is 49.8. The number of methoxy groups -OCH3 is 2. The number of hydrogen-bond acceptors (Lipinski definition) is 22. The van der Waals surface area contributed by atoms with Gasteiger partial charge in [-0.05, 0) is 82.9 Å². The fourth-order valence-electron chi connectivity index (χ4n) is 6.29. The van der Waals surface area contributed by atoms with E-state index in [0.29, 0.717) is 30.3 Å². The molecule has 0 unspecified atom stereocenters. The van der Waals surface area contributed by atoms with Crippen LogP contribution in [0.2, 0.25) is 0 Å². The predicted molar refractivity (Wildman–Crippen MR) is 241 cm³/mol. The summed E-state index contributed by atoms with van der Waals surface area (Å²) in [4.78, 5) is 23.2. The summed E-state index contributed by atoms with van der Waals surface area (Å²) in [6, 6.07) is 12.0. The first-order valence-corrected chi connectivity index (χ1v) is 24.2. The minimum atomic E-state index is -5.40. The van der Waals surface area contributed by atoms with E-state index < -0.39 is 94.4 Å². The van der Waals surface area contributed by atoms with Gasteiger partial charge in [-0.2, -0.15) is 35.5 Å². The quantitative estimate of drug-likeness (QED) is 0.0203. The minimum absolute atomic E-state index is 0. The van der Waals surface area contributed by atoms with Crippen molar-refractivity contribution in [3.63, 3.8) is 0 Å². The number of nitrogens with two attached hydrogens (primary N) is 2. The molecule has 0 amide bonds. The van der Waals surface area contributed by atoms with Gasteiger partial charge in [-0.3, -0.25) is 34.1 Å². The van der Waals surface area contributed by atoms with E-state index in [9.17, 15) is 61.5 Å². The van der Waals surface area contributed by atoms with Crippen LogP contribution >= 0.6 is 0 Å². The summed E-state index contributed by atoms with van der Waals surface area (Å²) in [7, 11) is -17.7. The molecule has 0 bridgehead atoms. The number of anilines is 4. The first-order valence-electron chi connectivity index (χ1n) is 18.5. The number of aliphatic hydroxyl groups is 2. The molecule has 0 aromatic heterocycles. The number of benzene rings is 4. The molecule has 4 aromatic carbocycles. The van der Waals surface area contributed by atoms with Gasteiger partial charge in [0, 0.05) is 24.5 Å². The van der Waals surface area contributed by atoms with Crippen LogP contribution in [0.4, 0.5) is 22.7 Å². The molecule has 0 saturated carbocycles. The average molecular weight is 1030 g/mol. The third-order valence-electron chi connectivity index (χ3n) is 9.30. The van der Waals surface area contributed by atoms with Crippen molar-refractivity contribution in [3.8, 4) is 22.6 Å². The number of Topliss-reactive ketones (excluding diaryl/α,β-unsaturated/α-hetero) is 2. The molecule has 0 saturated heterocycles. The van der Waals surface area contributed by atoms with Crippen molar-refractivity contribution in [1.82, 2.24) is 5.32 Å². The van der Waals surface area contributed by atoms with E-state index in [4.69, 9.17) is 31.2 Å². The van der Waals surface area contributed by atoms with E-state index in [1.807, 2.05) is 0 Å². The second-order valence-electron chi connectivity index (χ2n) is 13.7. The Morgan fingerprint density at radius 2 is 0.985 bits per heavy atom. The van der Waals surface area contributed by atoms with Crippen LogP contribution in [-0.4, -0.2) is 126 Å². The second-order valence-corrected chi connectivity index (χ2v) is 19.3. The van der Waals surface area contributed by atoms with Gasteiger partial charge in [0.2, 0.25) is 11.6 Å². The monoisotopic (exact) mass is 1030 g/mol. The summed E-state index contributed by atoms with van der Waals surface area (Å²) < 4.78 is 148. The zero-order valence-corrected chi connectivity index (χ0v) is 40.7. The van der Waals surface area contributed by atoms with Gasteiger partial charge in [0.25, 0.3) is 30.4 Å². The predicted octanol–water partition coefficient (Wildman–Crippen LogP) is -1.96. The number of fused-ring (bicyclic) bond motifs is 2. The Kier molecular flexibility index (Phi) is 17.6. The molecule has 0 aliphatic heterocycles. The topological polar surface area (TPSA) is 426 Å². The van der Waals surface area contributed by atoms with Crippen molar-refractivity contribution < 1.29 is 111 Å². The Hall–Kier alpha value is -5.64. The molecule has 12 N–H and O–H groups in total. The zero-order valence-electron chi connectivity index (χ0n) is 35.5. The van der Waals surface area contributed by atoms with Crippen molar-refractivity contribution in [2.45, 2.75) is 9.79 Å². The van der Waals surface area contributed by atoms with E-state index >= 15 is 0 Å². The number of rotatable bonds is 15. The van der Waals surface area contributed by atoms with Crippen LogP contribution in [0.25, 0.3) is 23.3 Å². The number of hydrazone groups is 2. The van der Waals surface area contributed by atoms with Crippen LogP contribution in [0.5, 0.6) is 11.5 Å². The number of nitrogen functional groups attached to an aromatic ring is 2. The average Bonchev–Trinajstić information content (AvgIpc) is 3.24. The molecule has 2 aliphatic rings. The molecule has 68 heavy (non-hydrogen) atoms. The summed E-state index contributed by atoms with van der Waals surface area (Å²) in [5.41, 5.74) is 13.7. The Bertz CT molecular complexity index is 3070. The Morgan fingerprint density at radius 3 is 1.32 bits per heavy atom. The first kappa shape index (κ1) is 55.0. The van der Waals surface area contributed by atoms with Crippen molar-refractivity contribution in [2.75, 3.05) is 62.8 Å². The number of nitrogens with one attached hydrogen (secondary N) is 3. The van der Waals surface area contributed by atoms with Crippen LogP contribution < -0.4 is 66.7 Å². The smallest absolute Gasteiger partial charge is 0.744 e. The second kappa shape index (κ2) is 21.8. The largest absolute Gasteiger partial charge is 1.00 e. The fourth-order valence-corrected chi connectivity index (χ4v) is 8.70. The number of hydrogen-bond donors (Lipinski definition) is 10.